The summed E-state index contributed by atoms with van der Waals surface area (Å²) in [5.41, 5.74) is 1.26. The Morgan fingerprint density at radius 2 is 2.06 bits per heavy atom. The summed E-state index contributed by atoms with van der Waals surface area (Å²) in [6.07, 6.45) is 4.81. The Morgan fingerprint density at radius 3 is 2.75 bits per heavy atom. The van der Waals surface area contributed by atoms with Crippen LogP contribution in [0.4, 0.5) is 0 Å². The summed E-state index contributed by atoms with van der Waals surface area (Å²) in [4.78, 5) is 5.78. The lowest BCUT2D eigenvalue weighted by molar-refractivity contribution is -0.0995. The van der Waals surface area contributed by atoms with Crippen LogP contribution in [-0.2, 0) is 4.84 Å². The van der Waals surface area contributed by atoms with Crippen LogP contribution in [0.2, 0.25) is 0 Å². The van der Waals surface area contributed by atoms with Gasteiger partial charge in [0.15, 0.2) is 0 Å². The number of rotatable bonds is 2. The fourth-order valence-corrected chi connectivity index (χ4v) is 2.61. The van der Waals surface area contributed by atoms with Crippen LogP contribution in [0.5, 0.6) is 0 Å². The van der Waals surface area contributed by atoms with Crippen LogP contribution in [0.25, 0.3) is 0 Å². The van der Waals surface area contributed by atoms with E-state index < -0.39 is 0 Å². The molecular weight excluding hydrogens is 266 g/mol. The molecule has 1 fully saturated rings. The number of nitrogens with zero attached hydrogens (tertiary/aromatic N) is 1. The van der Waals surface area contributed by atoms with Crippen LogP contribution in [0.15, 0.2) is 40.6 Å². The van der Waals surface area contributed by atoms with Gasteiger partial charge in [-0.3, -0.25) is 0 Å². The third-order valence-corrected chi connectivity index (χ3v) is 3.89. The first-order valence-electron chi connectivity index (χ1n) is 5.62. The highest BCUT2D eigenvalue weighted by Gasteiger charge is 2.35. The molecule has 1 saturated carbocycles. The minimum Gasteiger partial charge on any atom is -0.410 e. The summed E-state index contributed by atoms with van der Waals surface area (Å²) < 4.78 is 1.14. The maximum Gasteiger partial charge on any atom is 0.125 e. The first kappa shape index (κ1) is 10.4. The minimum atomic E-state index is 0.242. The van der Waals surface area contributed by atoms with E-state index in [1.807, 2.05) is 18.2 Å². The molecule has 84 valence electrons. The third-order valence-electron chi connectivity index (χ3n) is 3.17. The van der Waals surface area contributed by atoms with E-state index in [4.69, 9.17) is 4.84 Å². The highest BCUT2D eigenvalue weighted by atomic mass is 79.9. The van der Waals surface area contributed by atoms with E-state index in [2.05, 4.69) is 40.2 Å². The highest BCUT2D eigenvalue weighted by molar-refractivity contribution is 9.10. The monoisotopic (exact) mass is 279 g/mol. The molecule has 0 radical (unpaired) electrons. The maximum absolute atomic E-state index is 5.78. The van der Waals surface area contributed by atoms with Crippen molar-refractivity contribution < 1.29 is 4.84 Å². The van der Waals surface area contributed by atoms with Crippen LogP contribution < -0.4 is 0 Å². The van der Waals surface area contributed by atoms with E-state index in [-0.39, 0.29) is 6.04 Å². The number of hydroxylamine groups is 2. The Bertz CT molecular complexity index is 439. The average molecular weight is 280 g/mol. The van der Waals surface area contributed by atoms with Gasteiger partial charge >= 0.3 is 0 Å². The summed E-state index contributed by atoms with van der Waals surface area (Å²) in [6.45, 7) is 0. The molecule has 0 aromatic heterocycles. The fourth-order valence-electron chi connectivity index (χ4n) is 2.09. The summed E-state index contributed by atoms with van der Waals surface area (Å²) >= 11 is 3.59. The minimum absolute atomic E-state index is 0.242. The Kier molecular flexibility index (Phi) is 2.52. The van der Waals surface area contributed by atoms with E-state index >= 15 is 0 Å². The lowest BCUT2D eigenvalue weighted by Crippen LogP contribution is -2.17. The van der Waals surface area contributed by atoms with Crippen molar-refractivity contribution in [2.75, 3.05) is 7.05 Å². The van der Waals surface area contributed by atoms with Crippen molar-refractivity contribution in [2.45, 2.75) is 18.9 Å². The predicted octanol–water partition coefficient (Wildman–Crippen LogP) is 3.66. The molecule has 3 heteroatoms. The summed E-state index contributed by atoms with van der Waals surface area (Å²) in [6, 6.07) is 8.56. The second kappa shape index (κ2) is 3.90. The van der Waals surface area contributed by atoms with Crippen molar-refractivity contribution >= 4 is 15.9 Å². The van der Waals surface area contributed by atoms with Crippen molar-refractivity contribution in [1.29, 1.82) is 0 Å². The van der Waals surface area contributed by atoms with Crippen LogP contribution >= 0.6 is 15.9 Å². The van der Waals surface area contributed by atoms with Gasteiger partial charge in [0.1, 0.15) is 5.76 Å². The van der Waals surface area contributed by atoms with E-state index in [9.17, 15) is 0 Å². The van der Waals surface area contributed by atoms with E-state index in [0.29, 0.717) is 5.92 Å². The number of likely N-dealkylation sites (N-methyl/N-ethyl adjacent to an activating group) is 1. The van der Waals surface area contributed by atoms with Gasteiger partial charge in [-0.1, -0.05) is 34.1 Å². The second-order valence-corrected chi connectivity index (χ2v) is 5.30. The van der Waals surface area contributed by atoms with Gasteiger partial charge in [-0.15, -0.1) is 5.06 Å². The molecule has 1 aromatic rings. The van der Waals surface area contributed by atoms with Crippen molar-refractivity contribution in [1.82, 2.24) is 5.06 Å². The molecular formula is C13H14BrNO. The van der Waals surface area contributed by atoms with Crippen molar-refractivity contribution in [3.63, 3.8) is 0 Å². The van der Waals surface area contributed by atoms with Gasteiger partial charge in [0, 0.05) is 17.4 Å². The molecule has 1 aromatic carbocycles. The molecule has 0 amide bonds. The third kappa shape index (κ3) is 1.78. The lowest BCUT2D eigenvalue weighted by atomic mass is 10.1. The first-order valence-corrected chi connectivity index (χ1v) is 6.42. The van der Waals surface area contributed by atoms with Gasteiger partial charge in [-0.25, -0.2) is 0 Å². The van der Waals surface area contributed by atoms with E-state index in [0.717, 1.165) is 10.2 Å². The van der Waals surface area contributed by atoms with Crippen LogP contribution in [0.3, 0.4) is 0 Å². The predicted molar refractivity (Wildman–Crippen MR) is 66.5 cm³/mol. The zero-order valence-corrected chi connectivity index (χ0v) is 10.8. The lowest BCUT2D eigenvalue weighted by Gasteiger charge is -2.19. The molecule has 1 atom stereocenters. The van der Waals surface area contributed by atoms with Gasteiger partial charge in [0.05, 0.1) is 6.04 Å². The Morgan fingerprint density at radius 1 is 1.31 bits per heavy atom. The van der Waals surface area contributed by atoms with Crippen LogP contribution in [0.1, 0.15) is 24.4 Å². The Hall–Kier alpha value is -0.800. The number of allylic oxidation sites excluding steroid dienone is 1. The van der Waals surface area contributed by atoms with Crippen molar-refractivity contribution in [3.05, 3.63) is 46.1 Å². The Labute approximate surface area is 104 Å². The molecule has 0 spiro atoms. The molecule has 0 saturated heterocycles. The second-order valence-electron chi connectivity index (χ2n) is 4.45. The van der Waals surface area contributed by atoms with E-state index in [1.54, 1.807) is 0 Å². The molecule has 1 aliphatic heterocycles. The van der Waals surface area contributed by atoms with E-state index in [1.165, 1.54) is 18.4 Å². The molecule has 3 rings (SSSR count). The molecule has 2 aliphatic rings. The van der Waals surface area contributed by atoms with Gasteiger partial charge in [0.25, 0.3) is 0 Å². The fraction of sp³-hybridized carbons (Fsp3) is 0.385. The smallest absolute Gasteiger partial charge is 0.125 e. The zero-order chi connectivity index (χ0) is 11.1. The molecule has 2 nitrogen and oxygen atoms in total. The number of hydrogen-bond donors (Lipinski definition) is 0. The van der Waals surface area contributed by atoms with Gasteiger partial charge in [-0.05, 0) is 30.5 Å². The highest BCUT2D eigenvalue weighted by Crippen LogP contribution is 2.44. The zero-order valence-electron chi connectivity index (χ0n) is 9.19. The topological polar surface area (TPSA) is 12.5 Å². The van der Waals surface area contributed by atoms with Crippen molar-refractivity contribution in [3.8, 4) is 0 Å². The number of halogens is 1. The molecule has 0 N–H and O–H groups in total. The number of hydrogen-bond acceptors (Lipinski definition) is 2. The first-order chi connectivity index (χ1) is 7.75. The molecule has 1 unspecified atom stereocenters. The van der Waals surface area contributed by atoms with Crippen molar-refractivity contribution in [2.24, 2.45) is 5.92 Å². The summed E-state index contributed by atoms with van der Waals surface area (Å²) in [5, 5.41) is 1.94. The van der Waals surface area contributed by atoms with Gasteiger partial charge in [0.2, 0.25) is 0 Å². The summed E-state index contributed by atoms with van der Waals surface area (Å²) in [7, 11) is 2.00. The molecule has 1 heterocycles. The molecule has 16 heavy (non-hydrogen) atoms. The largest absolute Gasteiger partial charge is 0.410 e. The van der Waals surface area contributed by atoms with Gasteiger partial charge in [-0.2, -0.15) is 0 Å². The quantitative estimate of drug-likeness (QED) is 0.819. The van der Waals surface area contributed by atoms with Gasteiger partial charge < -0.3 is 4.84 Å². The Balaban J connectivity index is 1.92. The summed E-state index contributed by atoms with van der Waals surface area (Å²) in [5.74, 6) is 1.83. The normalized spacial score (nSPS) is 25.4. The van der Waals surface area contributed by atoms with Crippen LogP contribution in [-0.4, -0.2) is 12.1 Å². The maximum atomic E-state index is 5.78. The molecule has 1 aliphatic carbocycles. The SMILES string of the molecule is CN1OC(C2CC2)=CC1c1ccccc1Br. The standard InChI is InChI=1S/C13H14BrNO/c1-15-12(8-13(16-15)9-6-7-9)10-4-2-3-5-11(10)14/h2-5,8-9,12H,6-7H2,1H3. The number of benzene rings is 1. The molecule has 0 bridgehead atoms. The van der Waals surface area contributed by atoms with Crippen LogP contribution in [0, 0.1) is 5.92 Å². The average Bonchev–Trinajstić information content (AvgIpc) is 3.04.